The second kappa shape index (κ2) is 11.6. The van der Waals surface area contributed by atoms with Crippen LogP contribution in [0.5, 0.6) is 0 Å². The SMILES string of the molecule is CCc1cn([C@H]2C[C@H](O)[C@@H](CNC(=O)Cc3ccccc3Br)O2)c(=O)nc1NC(=O)c1ccccc1. The zero-order valence-electron chi connectivity index (χ0n) is 19.7. The lowest BCUT2D eigenvalue weighted by Crippen LogP contribution is -2.38. The number of aliphatic hydroxyl groups excluding tert-OH is 1. The number of rotatable bonds is 8. The Balaban J connectivity index is 1.40. The Kier molecular flexibility index (Phi) is 8.29. The first-order valence-corrected chi connectivity index (χ1v) is 12.5. The molecule has 0 radical (unpaired) electrons. The van der Waals surface area contributed by atoms with Crippen molar-refractivity contribution >= 4 is 33.6 Å². The summed E-state index contributed by atoms with van der Waals surface area (Å²) in [5.74, 6) is -0.366. The highest BCUT2D eigenvalue weighted by Gasteiger charge is 2.36. The van der Waals surface area contributed by atoms with Crippen LogP contribution in [0.25, 0.3) is 0 Å². The van der Waals surface area contributed by atoms with Crippen molar-refractivity contribution in [1.82, 2.24) is 14.9 Å². The molecule has 1 aliphatic rings. The van der Waals surface area contributed by atoms with E-state index in [4.69, 9.17) is 4.74 Å². The average molecular weight is 555 g/mol. The van der Waals surface area contributed by atoms with E-state index < -0.39 is 24.1 Å². The third kappa shape index (κ3) is 6.07. The molecule has 0 unspecified atom stereocenters. The van der Waals surface area contributed by atoms with Gasteiger partial charge in [-0.2, -0.15) is 4.98 Å². The minimum absolute atomic E-state index is 0.106. The van der Waals surface area contributed by atoms with E-state index in [2.05, 4.69) is 31.5 Å². The molecule has 2 amide bonds. The molecule has 2 aromatic carbocycles. The van der Waals surface area contributed by atoms with Gasteiger partial charge < -0.3 is 20.5 Å². The Morgan fingerprint density at radius 2 is 1.86 bits per heavy atom. The van der Waals surface area contributed by atoms with Crippen molar-refractivity contribution in [1.29, 1.82) is 0 Å². The second-order valence-electron chi connectivity index (χ2n) is 8.48. The van der Waals surface area contributed by atoms with Crippen molar-refractivity contribution in [2.24, 2.45) is 0 Å². The largest absolute Gasteiger partial charge is 0.390 e. The summed E-state index contributed by atoms with van der Waals surface area (Å²) in [7, 11) is 0. The Hall–Kier alpha value is -3.34. The van der Waals surface area contributed by atoms with Crippen LogP contribution in [-0.2, 0) is 22.4 Å². The molecule has 3 aromatic rings. The van der Waals surface area contributed by atoms with Crippen LogP contribution < -0.4 is 16.3 Å². The number of carbonyl (C=O) groups excluding carboxylic acids is 2. The Morgan fingerprint density at radius 3 is 2.58 bits per heavy atom. The predicted molar refractivity (Wildman–Crippen MR) is 138 cm³/mol. The van der Waals surface area contributed by atoms with Crippen LogP contribution in [0.1, 0.15) is 41.1 Å². The summed E-state index contributed by atoms with van der Waals surface area (Å²) in [5.41, 5.74) is 1.36. The fraction of sp³-hybridized carbons (Fsp3) is 0.308. The van der Waals surface area contributed by atoms with E-state index in [-0.39, 0.29) is 37.0 Å². The standard InChI is InChI=1S/C26H27BrN4O5/c1-2-16-15-31(26(35)30-24(16)29-25(34)17-8-4-3-5-9-17)23-13-20(32)21(36-23)14-28-22(33)12-18-10-6-7-11-19(18)27/h3-11,15,20-21,23,32H,2,12-14H2,1H3,(H,28,33)(H,29,30,34,35)/t20-,21+,23+/m0/s1. The van der Waals surface area contributed by atoms with Crippen LogP contribution in [-0.4, -0.2) is 45.2 Å². The fourth-order valence-electron chi connectivity index (χ4n) is 4.01. The number of amides is 2. The van der Waals surface area contributed by atoms with Gasteiger partial charge in [0.2, 0.25) is 5.91 Å². The van der Waals surface area contributed by atoms with Crippen molar-refractivity contribution in [3.63, 3.8) is 0 Å². The maximum absolute atomic E-state index is 12.8. The summed E-state index contributed by atoms with van der Waals surface area (Å²) in [6, 6.07) is 16.1. The number of carbonyl (C=O) groups is 2. The first-order chi connectivity index (χ1) is 17.4. The maximum Gasteiger partial charge on any atom is 0.351 e. The monoisotopic (exact) mass is 554 g/mol. The van der Waals surface area contributed by atoms with Gasteiger partial charge in [-0.3, -0.25) is 14.2 Å². The summed E-state index contributed by atoms with van der Waals surface area (Å²) in [4.78, 5) is 41.8. The van der Waals surface area contributed by atoms with E-state index in [0.717, 1.165) is 10.0 Å². The lowest BCUT2D eigenvalue weighted by atomic mass is 10.1. The number of benzene rings is 2. The highest BCUT2D eigenvalue weighted by atomic mass is 79.9. The van der Waals surface area contributed by atoms with E-state index in [1.807, 2.05) is 37.3 Å². The maximum atomic E-state index is 12.8. The zero-order chi connectivity index (χ0) is 25.7. The van der Waals surface area contributed by atoms with E-state index in [0.29, 0.717) is 17.5 Å². The molecule has 0 aliphatic carbocycles. The van der Waals surface area contributed by atoms with Gasteiger partial charge in [0.25, 0.3) is 5.91 Å². The minimum Gasteiger partial charge on any atom is -0.390 e. The van der Waals surface area contributed by atoms with Crippen molar-refractivity contribution in [3.05, 3.63) is 92.4 Å². The van der Waals surface area contributed by atoms with Gasteiger partial charge in [0.1, 0.15) is 18.1 Å². The summed E-state index contributed by atoms with van der Waals surface area (Å²) >= 11 is 3.43. The molecule has 3 N–H and O–H groups in total. The highest BCUT2D eigenvalue weighted by Crippen LogP contribution is 2.28. The fourth-order valence-corrected chi connectivity index (χ4v) is 4.44. The van der Waals surface area contributed by atoms with Crippen LogP contribution in [0, 0.1) is 0 Å². The summed E-state index contributed by atoms with van der Waals surface area (Å²) in [6.45, 7) is 1.99. The molecule has 36 heavy (non-hydrogen) atoms. The Bertz CT molecular complexity index is 1300. The molecule has 3 atom stereocenters. The molecule has 1 aromatic heterocycles. The van der Waals surface area contributed by atoms with Crippen LogP contribution in [0.4, 0.5) is 5.82 Å². The number of ether oxygens (including phenoxy) is 1. The van der Waals surface area contributed by atoms with E-state index in [9.17, 15) is 19.5 Å². The van der Waals surface area contributed by atoms with Gasteiger partial charge in [0.05, 0.1) is 12.5 Å². The van der Waals surface area contributed by atoms with Crippen molar-refractivity contribution in [2.75, 3.05) is 11.9 Å². The first kappa shape index (κ1) is 25.7. The van der Waals surface area contributed by atoms with Gasteiger partial charge in [-0.1, -0.05) is 59.3 Å². The van der Waals surface area contributed by atoms with Crippen LogP contribution >= 0.6 is 15.9 Å². The van der Waals surface area contributed by atoms with Gasteiger partial charge in [0.15, 0.2) is 0 Å². The van der Waals surface area contributed by atoms with Crippen LogP contribution in [0.15, 0.2) is 70.1 Å². The van der Waals surface area contributed by atoms with Crippen LogP contribution in [0.2, 0.25) is 0 Å². The van der Waals surface area contributed by atoms with Crippen molar-refractivity contribution in [2.45, 2.75) is 44.6 Å². The third-order valence-electron chi connectivity index (χ3n) is 6.00. The second-order valence-corrected chi connectivity index (χ2v) is 9.34. The molecule has 188 valence electrons. The van der Waals surface area contributed by atoms with Gasteiger partial charge in [-0.15, -0.1) is 0 Å². The summed E-state index contributed by atoms with van der Waals surface area (Å²) < 4.78 is 8.09. The molecule has 9 nitrogen and oxygen atoms in total. The molecule has 1 fully saturated rings. The van der Waals surface area contributed by atoms with Gasteiger partial charge in [-0.05, 0) is 30.2 Å². The number of anilines is 1. The van der Waals surface area contributed by atoms with Crippen LogP contribution in [0.3, 0.4) is 0 Å². The topological polar surface area (TPSA) is 123 Å². The van der Waals surface area contributed by atoms with Gasteiger partial charge >= 0.3 is 5.69 Å². The number of hydrogen-bond donors (Lipinski definition) is 3. The summed E-state index contributed by atoms with van der Waals surface area (Å²) in [5, 5.41) is 16.0. The van der Waals surface area contributed by atoms with E-state index >= 15 is 0 Å². The number of nitrogens with one attached hydrogen (secondary N) is 2. The highest BCUT2D eigenvalue weighted by molar-refractivity contribution is 9.10. The molecule has 0 saturated carbocycles. The Labute approximate surface area is 216 Å². The molecular weight excluding hydrogens is 528 g/mol. The molecule has 0 bridgehead atoms. The lowest BCUT2D eigenvalue weighted by molar-refractivity contribution is -0.121. The Morgan fingerprint density at radius 1 is 1.14 bits per heavy atom. The number of halogens is 1. The molecule has 1 saturated heterocycles. The number of aromatic nitrogens is 2. The molecule has 4 rings (SSSR count). The first-order valence-electron chi connectivity index (χ1n) is 11.7. The quantitative estimate of drug-likeness (QED) is 0.393. The zero-order valence-corrected chi connectivity index (χ0v) is 21.3. The summed E-state index contributed by atoms with van der Waals surface area (Å²) in [6.07, 6.45) is 0.191. The van der Waals surface area contributed by atoms with Crippen molar-refractivity contribution in [3.8, 4) is 0 Å². The molecule has 2 heterocycles. The lowest BCUT2D eigenvalue weighted by Gasteiger charge is -2.18. The van der Waals surface area contributed by atoms with Gasteiger partial charge in [0, 0.05) is 34.8 Å². The number of nitrogens with zero attached hydrogens (tertiary/aromatic N) is 2. The molecule has 0 spiro atoms. The number of hydrogen-bond acceptors (Lipinski definition) is 6. The van der Waals surface area contributed by atoms with Gasteiger partial charge in [-0.25, -0.2) is 4.79 Å². The third-order valence-corrected chi connectivity index (χ3v) is 6.77. The van der Waals surface area contributed by atoms with E-state index in [1.165, 1.54) is 4.57 Å². The van der Waals surface area contributed by atoms with E-state index in [1.54, 1.807) is 30.5 Å². The number of aryl methyl sites for hydroxylation is 1. The predicted octanol–water partition coefficient (Wildman–Crippen LogP) is 2.83. The smallest absolute Gasteiger partial charge is 0.351 e. The van der Waals surface area contributed by atoms with Crippen molar-refractivity contribution < 1.29 is 19.4 Å². The molecular formula is C26H27BrN4O5. The average Bonchev–Trinajstić information content (AvgIpc) is 3.25. The minimum atomic E-state index is -0.867. The molecule has 1 aliphatic heterocycles. The number of aliphatic hydroxyl groups is 1. The molecule has 10 heteroatoms. The normalized spacial score (nSPS) is 19.1.